The van der Waals surface area contributed by atoms with E-state index in [2.05, 4.69) is 27.4 Å². The molecule has 3 heteroatoms. The summed E-state index contributed by atoms with van der Waals surface area (Å²) in [5, 5.41) is 0. The molecule has 22 heavy (non-hydrogen) atoms. The van der Waals surface area contributed by atoms with Crippen molar-refractivity contribution >= 4 is 9.84 Å². The lowest BCUT2D eigenvalue weighted by Gasteiger charge is -2.62. The molecule has 120 valence electrons. The Morgan fingerprint density at radius 2 is 1.86 bits per heavy atom. The number of rotatable bonds is 4. The van der Waals surface area contributed by atoms with Gasteiger partial charge in [-0.1, -0.05) is 45.5 Å². The van der Waals surface area contributed by atoms with Crippen LogP contribution in [0.15, 0.2) is 46.7 Å². The Morgan fingerprint density at radius 1 is 1.23 bits per heavy atom. The van der Waals surface area contributed by atoms with Crippen molar-refractivity contribution in [2.24, 2.45) is 29.1 Å². The van der Waals surface area contributed by atoms with Gasteiger partial charge in [-0.25, -0.2) is 8.42 Å². The average molecular weight is 318 g/mol. The second-order valence-electron chi connectivity index (χ2n) is 7.77. The highest BCUT2D eigenvalue weighted by Crippen LogP contribution is 2.63. The standard InChI is InChI=1S/C19H26O2S/c1-13(22(20,21)17-8-6-5-7-9-17)10-15-11-16-12-18(14(15)2)19(16,3)4/h5-9,14-16,18H,1,10-12H2,2-4H3/t14-,15+,16+,18+/m1/s1. The van der Waals surface area contributed by atoms with E-state index in [4.69, 9.17) is 0 Å². The summed E-state index contributed by atoms with van der Waals surface area (Å²) < 4.78 is 25.3. The highest BCUT2D eigenvalue weighted by atomic mass is 32.2. The van der Waals surface area contributed by atoms with E-state index < -0.39 is 9.84 Å². The lowest BCUT2D eigenvalue weighted by atomic mass is 9.43. The summed E-state index contributed by atoms with van der Waals surface area (Å²) >= 11 is 0. The molecule has 0 radical (unpaired) electrons. The zero-order valence-electron chi connectivity index (χ0n) is 13.7. The number of fused-ring (bicyclic) bond motifs is 2. The maximum absolute atomic E-state index is 12.6. The minimum atomic E-state index is -3.39. The quantitative estimate of drug-likeness (QED) is 0.807. The van der Waals surface area contributed by atoms with E-state index in [-0.39, 0.29) is 0 Å². The van der Waals surface area contributed by atoms with E-state index in [9.17, 15) is 8.42 Å². The van der Waals surface area contributed by atoms with E-state index in [0.717, 1.165) is 18.3 Å². The van der Waals surface area contributed by atoms with E-state index in [1.807, 2.05) is 6.07 Å². The molecule has 1 aromatic carbocycles. The molecule has 4 rings (SSSR count). The van der Waals surface area contributed by atoms with Gasteiger partial charge in [0.2, 0.25) is 9.84 Å². The molecule has 0 aliphatic heterocycles. The van der Waals surface area contributed by atoms with Gasteiger partial charge in [0, 0.05) is 4.91 Å². The predicted octanol–water partition coefficient (Wildman–Crippen LogP) is 4.68. The molecule has 0 saturated heterocycles. The van der Waals surface area contributed by atoms with E-state index in [1.165, 1.54) is 6.42 Å². The Hall–Kier alpha value is -1.09. The summed E-state index contributed by atoms with van der Waals surface area (Å²) in [5.74, 6) is 2.54. The van der Waals surface area contributed by atoms with E-state index in [1.54, 1.807) is 24.3 Å². The Kier molecular flexibility index (Phi) is 3.75. The number of benzene rings is 1. The Morgan fingerprint density at radius 3 is 2.41 bits per heavy atom. The molecule has 0 spiro atoms. The summed E-state index contributed by atoms with van der Waals surface area (Å²) in [6, 6.07) is 8.68. The first kappa shape index (κ1) is 15.8. The third kappa shape index (κ3) is 2.34. The van der Waals surface area contributed by atoms with Crippen LogP contribution in [0.3, 0.4) is 0 Å². The molecule has 0 heterocycles. The van der Waals surface area contributed by atoms with Gasteiger partial charge >= 0.3 is 0 Å². The Balaban J connectivity index is 1.74. The molecule has 2 nitrogen and oxygen atoms in total. The summed E-state index contributed by atoms with van der Waals surface area (Å²) in [6.45, 7) is 11.0. The molecule has 0 N–H and O–H groups in total. The van der Waals surface area contributed by atoms with Crippen molar-refractivity contribution < 1.29 is 8.42 Å². The van der Waals surface area contributed by atoms with Crippen molar-refractivity contribution in [1.82, 2.24) is 0 Å². The zero-order chi connectivity index (χ0) is 16.1. The Labute approximate surface area is 134 Å². The first-order valence-electron chi connectivity index (χ1n) is 8.22. The van der Waals surface area contributed by atoms with Crippen LogP contribution in [0.4, 0.5) is 0 Å². The SMILES string of the molecule is C=C(C[C@H]1C[C@H]2C[C@@H]([C@@H]1C)C2(C)C)S(=O)(=O)c1ccccc1. The summed E-state index contributed by atoms with van der Waals surface area (Å²) in [6.07, 6.45) is 3.08. The van der Waals surface area contributed by atoms with Crippen molar-refractivity contribution in [3.05, 3.63) is 41.8 Å². The monoisotopic (exact) mass is 318 g/mol. The second kappa shape index (κ2) is 5.23. The van der Waals surface area contributed by atoms with Crippen molar-refractivity contribution in [2.75, 3.05) is 0 Å². The smallest absolute Gasteiger partial charge is 0.202 e. The number of hydrogen-bond donors (Lipinski definition) is 0. The van der Waals surface area contributed by atoms with Gasteiger partial charge in [-0.2, -0.15) is 0 Å². The normalized spacial score (nSPS) is 33.0. The average Bonchev–Trinajstić information content (AvgIpc) is 2.49. The van der Waals surface area contributed by atoms with Gasteiger partial charge in [-0.15, -0.1) is 0 Å². The van der Waals surface area contributed by atoms with Crippen molar-refractivity contribution in [2.45, 2.75) is 44.9 Å². The van der Waals surface area contributed by atoms with Crippen molar-refractivity contribution in [1.29, 1.82) is 0 Å². The minimum Gasteiger partial charge on any atom is -0.219 e. The van der Waals surface area contributed by atoms with Gasteiger partial charge in [-0.05, 0) is 60.5 Å². The topological polar surface area (TPSA) is 34.1 Å². The molecule has 3 fully saturated rings. The van der Waals surface area contributed by atoms with Gasteiger partial charge in [-0.3, -0.25) is 0 Å². The summed E-state index contributed by atoms with van der Waals surface area (Å²) in [4.78, 5) is 0.753. The fourth-order valence-corrected chi connectivity index (χ4v) is 5.98. The molecule has 4 atom stereocenters. The largest absolute Gasteiger partial charge is 0.219 e. The molecule has 0 unspecified atom stereocenters. The maximum Gasteiger partial charge on any atom is 0.202 e. The van der Waals surface area contributed by atoms with Crippen LogP contribution in [0.5, 0.6) is 0 Å². The molecular formula is C19H26O2S. The van der Waals surface area contributed by atoms with Crippen LogP contribution in [0.25, 0.3) is 0 Å². The first-order chi connectivity index (χ1) is 10.2. The maximum atomic E-state index is 12.6. The minimum absolute atomic E-state index is 0.369. The van der Waals surface area contributed by atoms with Crippen LogP contribution < -0.4 is 0 Å². The molecule has 2 bridgehead atoms. The van der Waals surface area contributed by atoms with Crippen LogP contribution in [0, 0.1) is 29.1 Å². The lowest BCUT2D eigenvalue weighted by molar-refractivity contribution is -0.127. The summed E-state index contributed by atoms with van der Waals surface area (Å²) in [7, 11) is -3.39. The van der Waals surface area contributed by atoms with Crippen LogP contribution in [0.1, 0.15) is 40.0 Å². The third-order valence-electron chi connectivity index (χ3n) is 6.44. The molecule has 1 aromatic rings. The van der Waals surface area contributed by atoms with Gasteiger partial charge < -0.3 is 0 Å². The van der Waals surface area contributed by atoms with Crippen LogP contribution in [-0.2, 0) is 9.84 Å². The molecule has 0 aromatic heterocycles. The van der Waals surface area contributed by atoms with E-state index in [0.29, 0.717) is 33.5 Å². The van der Waals surface area contributed by atoms with Gasteiger partial charge in [0.15, 0.2) is 0 Å². The van der Waals surface area contributed by atoms with Gasteiger partial charge in [0.05, 0.1) is 4.90 Å². The van der Waals surface area contributed by atoms with Crippen molar-refractivity contribution in [3.63, 3.8) is 0 Å². The number of sulfone groups is 1. The van der Waals surface area contributed by atoms with Crippen LogP contribution >= 0.6 is 0 Å². The fourth-order valence-electron chi connectivity index (χ4n) is 4.69. The molecule has 3 aliphatic carbocycles. The van der Waals surface area contributed by atoms with Crippen LogP contribution in [-0.4, -0.2) is 8.42 Å². The first-order valence-corrected chi connectivity index (χ1v) is 9.71. The molecule has 3 aliphatic rings. The van der Waals surface area contributed by atoms with E-state index >= 15 is 0 Å². The van der Waals surface area contributed by atoms with Crippen LogP contribution in [0.2, 0.25) is 0 Å². The molecule has 0 amide bonds. The molecular weight excluding hydrogens is 292 g/mol. The zero-order valence-corrected chi connectivity index (χ0v) is 14.6. The summed E-state index contributed by atoms with van der Waals surface area (Å²) in [5.41, 5.74) is 0.440. The number of allylic oxidation sites excluding steroid dienone is 1. The molecule has 3 saturated carbocycles. The van der Waals surface area contributed by atoms with Gasteiger partial charge in [0.25, 0.3) is 0 Å². The van der Waals surface area contributed by atoms with Gasteiger partial charge in [0.1, 0.15) is 0 Å². The highest BCUT2D eigenvalue weighted by Gasteiger charge is 2.56. The second-order valence-corrected chi connectivity index (χ2v) is 9.83. The van der Waals surface area contributed by atoms with Crippen molar-refractivity contribution in [3.8, 4) is 0 Å². The predicted molar refractivity (Wildman–Crippen MR) is 90.0 cm³/mol. The third-order valence-corrected chi connectivity index (χ3v) is 8.25. The Bertz CT molecular complexity index is 673. The number of hydrogen-bond acceptors (Lipinski definition) is 2. The highest BCUT2D eigenvalue weighted by molar-refractivity contribution is 7.95. The lowest BCUT2D eigenvalue weighted by Crippen LogP contribution is -2.54. The fraction of sp³-hybridized carbons (Fsp3) is 0.579.